The maximum Gasteiger partial charge on any atom is 0.410 e. The molecule has 0 saturated carbocycles. The van der Waals surface area contributed by atoms with Crippen molar-refractivity contribution >= 4 is 29.3 Å². The molecule has 8 nitrogen and oxygen atoms in total. The number of hydrogen-bond donors (Lipinski definition) is 1. The summed E-state index contributed by atoms with van der Waals surface area (Å²) < 4.78 is 16.9. The third kappa shape index (κ3) is 6.31. The van der Waals surface area contributed by atoms with Crippen LogP contribution >= 0.6 is 23.2 Å². The van der Waals surface area contributed by atoms with Gasteiger partial charge in [0.05, 0.1) is 31.9 Å². The SMILES string of the molecule is CC(C)(C)OC(=O)N1[C@@H]2COC[C@H]1C[C@H](NCCCOc1cc(Cl)nnc1Cl)C2. The van der Waals surface area contributed by atoms with Gasteiger partial charge in [-0.05, 0) is 46.6 Å². The Kier molecular flexibility index (Phi) is 7.42. The quantitative estimate of drug-likeness (QED) is 0.670. The molecular formula is C19H28Cl2N4O4. The van der Waals surface area contributed by atoms with Crippen molar-refractivity contribution in [2.24, 2.45) is 0 Å². The minimum Gasteiger partial charge on any atom is -0.490 e. The topological polar surface area (TPSA) is 85.8 Å². The number of amides is 1. The van der Waals surface area contributed by atoms with E-state index in [2.05, 4.69) is 15.5 Å². The van der Waals surface area contributed by atoms with Crippen molar-refractivity contribution < 1.29 is 19.0 Å². The summed E-state index contributed by atoms with van der Waals surface area (Å²) in [6.45, 7) is 8.03. The number of rotatable bonds is 6. The van der Waals surface area contributed by atoms with E-state index in [0.29, 0.717) is 31.6 Å². The molecule has 3 heterocycles. The van der Waals surface area contributed by atoms with E-state index >= 15 is 0 Å². The zero-order chi connectivity index (χ0) is 21.0. The van der Waals surface area contributed by atoms with Gasteiger partial charge in [-0.25, -0.2) is 4.79 Å². The molecule has 162 valence electrons. The summed E-state index contributed by atoms with van der Waals surface area (Å²) in [7, 11) is 0. The van der Waals surface area contributed by atoms with Crippen LogP contribution in [0.25, 0.3) is 0 Å². The van der Waals surface area contributed by atoms with Gasteiger partial charge in [0.1, 0.15) is 5.60 Å². The fraction of sp³-hybridized carbons (Fsp3) is 0.737. The molecule has 0 unspecified atom stereocenters. The van der Waals surface area contributed by atoms with Crippen LogP contribution in [0.15, 0.2) is 6.07 Å². The zero-order valence-electron chi connectivity index (χ0n) is 17.0. The van der Waals surface area contributed by atoms with Crippen molar-refractivity contribution in [2.75, 3.05) is 26.4 Å². The van der Waals surface area contributed by atoms with Crippen LogP contribution in [0.4, 0.5) is 4.79 Å². The molecule has 10 heteroatoms. The van der Waals surface area contributed by atoms with E-state index in [1.165, 1.54) is 0 Å². The van der Waals surface area contributed by atoms with Crippen LogP contribution in [0.2, 0.25) is 10.3 Å². The predicted molar refractivity (Wildman–Crippen MR) is 110 cm³/mol. The molecule has 0 aliphatic carbocycles. The van der Waals surface area contributed by atoms with Gasteiger partial charge in [-0.3, -0.25) is 4.90 Å². The standard InChI is InChI=1S/C19H28Cl2N4O4/c1-19(2,3)29-18(26)25-13-7-12(8-14(25)11-27-10-13)22-5-4-6-28-15-9-16(20)23-24-17(15)21/h9,12-14,22H,4-8,10-11H2,1-3H3/t12-,13+,14-. The molecule has 2 fully saturated rings. The van der Waals surface area contributed by atoms with Crippen LogP contribution in [-0.2, 0) is 9.47 Å². The molecule has 3 atom stereocenters. The van der Waals surface area contributed by atoms with Crippen LogP contribution in [0.1, 0.15) is 40.0 Å². The highest BCUT2D eigenvalue weighted by atomic mass is 35.5. The second-order valence-electron chi connectivity index (χ2n) is 8.38. The number of piperidine rings is 1. The van der Waals surface area contributed by atoms with Crippen molar-refractivity contribution in [3.63, 3.8) is 0 Å². The van der Waals surface area contributed by atoms with Crippen LogP contribution in [-0.4, -0.2) is 71.3 Å². The van der Waals surface area contributed by atoms with Gasteiger partial charge in [-0.15, -0.1) is 10.2 Å². The summed E-state index contributed by atoms with van der Waals surface area (Å²) in [4.78, 5) is 14.5. The number of nitrogens with one attached hydrogen (secondary N) is 1. The number of carbonyl (C=O) groups is 1. The van der Waals surface area contributed by atoms with Crippen molar-refractivity contribution in [3.05, 3.63) is 16.4 Å². The van der Waals surface area contributed by atoms with Gasteiger partial charge in [0.25, 0.3) is 0 Å². The lowest BCUT2D eigenvalue weighted by Gasteiger charge is -2.48. The molecule has 2 bridgehead atoms. The summed E-state index contributed by atoms with van der Waals surface area (Å²) in [5.74, 6) is 0.434. The Morgan fingerprint density at radius 2 is 1.97 bits per heavy atom. The van der Waals surface area contributed by atoms with Crippen molar-refractivity contribution in [1.82, 2.24) is 20.4 Å². The van der Waals surface area contributed by atoms with Crippen molar-refractivity contribution in [1.29, 1.82) is 0 Å². The summed E-state index contributed by atoms with van der Waals surface area (Å²) in [5, 5.41) is 11.4. The van der Waals surface area contributed by atoms with Gasteiger partial charge in [0, 0.05) is 12.1 Å². The molecule has 3 rings (SSSR count). The van der Waals surface area contributed by atoms with E-state index < -0.39 is 5.60 Å². The van der Waals surface area contributed by atoms with E-state index in [4.69, 9.17) is 37.4 Å². The number of halogens is 2. The molecule has 1 aromatic heterocycles. The Hall–Kier alpha value is -1.35. The number of morpholine rings is 1. The minimum absolute atomic E-state index is 0.0370. The van der Waals surface area contributed by atoms with Gasteiger partial charge in [-0.2, -0.15) is 0 Å². The lowest BCUT2D eigenvalue weighted by molar-refractivity contribution is -0.0842. The first-order valence-electron chi connectivity index (χ1n) is 9.87. The Balaban J connectivity index is 1.43. The van der Waals surface area contributed by atoms with Crippen LogP contribution < -0.4 is 10.1 Å². The van der Waals surface area contributed by atoms with E-state index in [1.54, 1.807) is 6.07 Å². The fourth-order valence-electron chi connectivity index (χ4n) is 3.69. The summed E-state index contributed by atoms with van der Waals surface area (Å²) in [6, 6.07) is 1.95. The first-order chi connectivity index (χ1) is 13.7. The number of carbonyl (C=O) groups excluding carboxylic acids is 1. The van der Waals surface area contributed by atoms with Gasteiger partial charge in [0.2, 0.25) is 0 Å². The smallest absolute Gasteiger partial charge is 0.410 e. The fourth-order valence-corrected chi connectivity index (χ4v) is 3.98. The molecule has 2 saturated heterocycles. The Bertz CT molecular complexity index is 702. The molecular weight excluding hydrogens is 419 g/mol. The molecule has 2 aliphatic rings. The molecule has 0 spiro atoms. The van der Waals surface area contributed by atoms with E-state index in [1.807, 2.05) is 25.7 Å². The highest BCUT2D eigenvalue weighted by Crippen LogP contribution is 2.29. The molecule has 1 aromatic rings. The van der Waals surface area contributed by atoms with Gasteiger partial charge in [-0.1, -0.05) is 23.2 Å². The van der Waals surface area contributed by atoms with E-state index in [0.717, 1.165) is 25.8 Å². The second-order valence-corrected chi connectivity index (χ2v) is 9.12. The lowest BCUT2D eigenvalue weighted by atomic mass is 9.90. The number of ether oxygens (including phenoxy) is 3. The Labute approximate surface area is 181 Å². The molecule has 0 radical (unpaired) electrons. The normalized spacial score (nSPS) is 24.3. The Morgan fingerprint density at radius 3 is 2.62 bits per heavy atom. The van der Waals surface area contributed by atoms with Gasteiger partial charge < -0.3 is 19.5 Å². The maximum atomic E-state index is 12.6. The monoisotopic (exact) mass is 446 g/mol. The largest absolute Gasteiger partial charge is 0.490 e. The third-order valence-corrected chi connectivity index (χ3v) is 5.27. The second kappa shape index (κ2) is 9.64. The summed E-state index contributed by atoms with van der Waals surface area (Å²) >= 11 is 11.7. The first kappa shape index (κ1) is 22.3. The third-order valence-electron chi connectivity index (χ3n) is 4.82. The number of fused-ring (bicyclic) bond motifs is 2. The summed E-state index contributed by atoms with van der Waals surface area (Å²) in [5.41, 5.74) is -0.501. The number of aromatic nitrogens is 2. The van der Waals surface area contributed by atoms with E-state index in [9.17, 15) is 4.79 Å². The maximum absolute atomic E-state index is 12.6. The van der Waals surface area contributed by atoms with Gasteiger partial charge >= 0.3 is 6.09 Å². The van der Waals surface area contributed by atoms with Crippen molar-refractivity contribution in [2.45, 2.75) is 63.8 Å². The zero-order valence-corrected chi connectivity index (χ0v) is 18.5. The number of nitrogens with zero attached hydrogens (tertiary/aromatic N) is 3. The molecule has 0 aromatic carbocycles. The lowest BCUT2D eigenvalue weighted by Crippen LogP contribution is -2.62. The summed E-state index contributed by atoms with van der Waals surface area (Å²) in [6.07, 6.45) is 2.23. The van der Waals surface area contributed by atoms with E-state index in [-0.39, 0.29) is 28.5 Å². The van der Waals surface area contributed by atoms with Gasteiger partial charge in [0.15, 0.2) is 16.1 Å². The van der Waals surface area contributed by atoms with Crippen molar-refractivity contribution in [3.8, 4) is 5.75 Å². The molecule has 1 N–H and O–H groups in total. The molecule has 2 aliphatic heterocycles. The average molecular weight is 447 g/mol. The molecule has 1 amide bonds. The number of hydrogen-bond acceptors (Lipinski definition) is 7. The van der Waals surface area contributed by atoms with Crippen LogP contribution in [0.5, 0.6) is 5.75 Å². The van der Waals surface area contributed by atoms with Crippen LogP contribution in [0, 0.1) is 0 Å². The average Bonchev–Trinajstić information content (AvgIpc) is 2.62. The molecule has 29 heavy (non-hydrogen) atoms. The highest BCUT2D eigenvalue weighted by Gasteiger charge is 2.43. The first-order valence-corrected chi connectivity index (χ1v) is 10.6. The highest BCUT2D eigenvalue weighted by molar-refractivity contribution is 6.32. The Morgan fingerprint density at radius 1 is 1.28 bits per heavy atom. The van der Waals surface area contributed by atoms with Crippen LogP contribution in [0.3, 0.4) is 0 Å². The minimum atomic E-state index is -0.501. The predicted octanol–water partition coefficient (Wildman–Crippen LogP) is 3.31.